The summed E-state index contributed by atoms with van der Waals surface area (Å²) in [5.41, 5.74) is 13.2. The summed E-state index contributed by atoms with van der Waals surface area (Å²) in [5.74, 6) is -0.670. The number of fused-ring (bicyclic) bond motifs is 1. The summed E-state index contributed by atoms with van der Waals surface area (Å²) in [4.78, 5) is 28.9. The van der Waals surface area contributed by atoms with E-state index < -0.39 is 5.91 Å². The van der Waals surface area contributed by atoms with E-state index in [1.807, 2.05) is 35.7 Å². The molecule has 2 heterocycles. The van der Waals surface area contributed by atoms with Crippen molar-refractivity contribution in [3.05, 3.63) is 88.7 Å². The first kappa shape index (κ1) is 20.3. The van der Waals surface area contributed by atoms with Crippen LogP contribution in [0.5, 0.6) is 0 Å². The molecule has 4 aromatic rings. The minimum atomic E-state index is -0.503. The van der Waals surface area contributed by atoms with Crippen LogP contribution in [0, 0.1) is 20.8 Å². The number of hydrogen-bond donors (Lipinski definition) is 2. The number of hydrogen-bond acceptors (Lipinski definition) is 3. The molecule has 0 saturated carbocycles. The molecule has 156 valence electrons. The predicted octanol–water partition coefficient (Wildman–Crippen LogP) is 4.21. The molecule has 2 amide bonds. The van der Waals surface area contributed by atoms with Gasteiger partial charge in [-0.3, -0.25) is 9.59 Å². The van der Waals surface area contributed by atoms with Gasteiger partial charge < -0.3 is 15.5 Å². The van der Waals surface area contributed by atoms with E-state index in [9.17, 15) is 9.59 Å². The predicted molar refractivity (Wildman–Crippen MR) is 122 cm³/mol. The number of aryl methyl sites for hydroxylation is 3. The molecule has 0 bridgehead atoms. The molecule has 0 saturated heterocycles. The first-order valence-corrected chi connectivity index (χ1v) is 10.1. The van der Waals surface area contributed by atoms with Gasteiger partial charge in [0, 0.05) is 23.0 Å². The standard InChI is InChI=1S/C25H24N4O2/c1-15-10-11-29-21(14-23(30)27-20-8-6-18(7-9-20)25(26)31)24(28-22(29)12-15)19-5-4-16(2)17(3)13-19/h4-13H,14H2,1-3H3,(H2,26,31)(H,27,30). The second kappa shape index (κ2) is 8.07. The SMILES string of the molecule is Cc1ccn2c(CC(=O)Nc3ccc(C(N)=O)cc3)c(-c3ccc(C)c(C)c3)nc2c1. The van der Waals surface area contributed by atoms with Crippen molar-refractivity contribution in [2.75, 3.05) is 5.32 Å². The van der Waals surface area contributed by atoms with Gasteiger partial charge in [-0.1, -0.05) is 12.1 Å². The average Bonchev–Trinajstić information content (AvgIpc) is 3.07. The number of anilines is 1. The Morgan fingerprint density at radius 3 is 2.39 bits per heavy atom. The van der Waals surface area contributed by atoms with Crippen LogP contribution in [0.2, 0.25) is 0 Å². The van der Waals surface area contributed by atoms with Crippen molar-refractivity contribution < 1.29 is 9.59 Å². The van der Waals surface area contributed by atoms with E-state index in [-0.39, 0.29) is 12.3 Å². The average molecular weight is 412 g/mol. The third kappa shape index (κ3) is 4.19. The van der Waals surface area contributed by atoms with Crippen LogP contribution in [-0.4, -0.2) is 21.2 Å². The number of rotatable bonds is 5. The molecule has 0 radical (unpaired) electrons. The van der Waals surface area contributed by atoms with Crippen LogP contribution in [-0.2, 0) is 11.2 Å². The lowest BCUT2D eigenvalue weighted by molar-refractivity contribution is -0.115. The van der Waals surface area contributed by atoms with Crippen molar-refractivity contribution in [2.45, 2.75) is 27.2 Å². The number of imidazole rings is 1. The molecule has 0 fully saturated rings. The largest absolute Gasteiger partial charge is 0.366 e. The van der Waals surface area contributed by atoms with Crippen molar-refractivity contribution in [1.82, 2.24) is 9.38 Å². The number of nitrogens with one attached hydrogen (secondary N) is 1. The Bertz CT molecular complexity index is 1300. The van der Waals surface area contributed by atoms with Crippen molar-refractivity contribution in [2.24, 2.45) is 5.73 Å². The molecule has 31 heavy (non-hydrogen) atoms. The zero-order valence-corrected chi connectivity index (χ0v) is 17.8. The minimum Gasteiger partial charge on any atom is -0.366 e. The van der Waals surface area contributed by atoms with Crippen molar-refractivity contribution in [3.8, 4) is 11.3 Å². The Morgan fingerprint density at radius 2 is 1.71 bits per heavy atom. The summed E-state index contributed by atoms with van der Waals surface area (Å²) in [6.07, 6.45) is 2.11. The van der Waals surface area contributed by atoms with E-state index in [1.165, 1.54) is 11.1 Å². The van der Waals surface area contributed by atoms with Crippen LogP contribution < -0.4 is 11.1 Å². The first-order valence-electron chi connectivity index (χ1n) is 10.1. The Balaban J connectivity index is 1.69. The maximum absolute atomic E-state index is 12.9. The summed E-state index contributed by atoms with van der Waals surface area (Å²) in [7, 11) is 0. The van der Waals surface area contributed by atoms with Crippen LogP contribution in [0.25, 0.3) is 16.9 Å². The lowest BCUT2D eigenvalue weighted by Gasteiger charge is -2.09. The fourth-order valence-corrected chi connectivity index (χ4v) is 3.56. The molecule has 0 aliphatic heterocycles. The Hall–Kier alpha value is -3.93. The monoisotopic (exact) mass is 412 g/mol. The number of benzene rings is 2. The van der Waals surface area contributed by atoms with E-state index >= 15 is 0 Å². The van der Waals surface area contributed by atoms with Crippen LogP contribution in [0.1, 0.15) is 32.7 Å². The Labute approximate surface area is 180 Å². The van der Waals surface area contributed by atoms with E-state index in [0.29, 0.717) is 11.3 Å². The van der Waals surface area contributed by atoms with Gasteiger partial charge in [-0.25, -0.2) is 4.98 Å². The number of nitrogens with two attached hydrogens (primary N) is 1. The fourth-order valence-electron chi connectivity index (χ4n) is 3.56. The van der Waals surface area contributed by atoms with Gasteiger partial charge in [0.1, 0.15) is 5.65 Å². The number of carbonyl (C=O) groups is 2. The highest BCUT2D eigenvalue weighted by atomic mass is 16.2. The molecule has 6 nitrogen and oxygen atoms in total. The summed E-state index contributed by atoms with van der Waals surface area (Å²) >= 11 is 0. The fraction of sp³-hybridized carbons (Fsp3) is 0.160. The van der Waals surface area contributed by atoms with Gasteiger partial charge >= 0.3 is 0 Å². The van der Waals surface area contributed by atoms with Gasteiger partial charge in [0.15, 0.2) is 0 Å². The Morgan fingerprint density at radius 1 is 0.968 bits per heavy atom. The smallest absolute Gasteiger partial charge is 0.248 e. The lowest BCUT2D eigenvalue weighted by Crippen LogP contribution is -2.16. The molecule has 6 heteroatoms. The maximum atomic E-state index is 12.9. The number of nitrogens with zero attached hydrogens (tertiary/aromatic N) is 2. The highest BCUT2D eigenvalue weighted by Crippen LogP contribution is 2.27. The molecule has 0 unspecified atom stereocenters. The molecule has 2 aromatic heterocycles. The topological polar surface area (TPSA) is 89.5 Å². The van der Waals surface area contributed by atoms with Crippen molar-refractivity contribution in [1.29, 1.82) is 0 Å². The van der Waals surface area contributed by atoms with Crippen LogP contribution in [0.3, 0.4) is 0 Å². The quantitative estimate of drug-likeness (QED) is 0.515. The summed E-state index contributed by atoms with van der Waals surface area (Å²) < 4.78 is 1.97. The molecular formula is C25H24N4O2. The number of primary amides is 1. The number of pyridine rings is 1. The second-order valence-corrected chi connectivity index (χ2v) is 7.80. The van der Waals surface area contributed by atoms with Crippen LogP contribution in [0.15, 0.2) is 60.8 Å². The number of aromatic nitrogens is 2. The van der Waals surface area contributed by atoms with Crippen molar-refractivity contribution >= 4 is 23.1 Å². The van der Waals surface area contributed by atoms with Gasteiger partial charge in [0.2, 0.25) is 11.8 Å². The third-order valence-corrected chi connectivity index (χ3v) is 5.44. The van der Waals surface area contributed by atoms with Gasteiger partial charge in [0.25, 0.3) is 0 Å². The minimum absolute atomic E-state index is 0.157. The van der Waals surface area contributed by atoms with E-state index in [0.717, 1.165) is 28.2 Å². The molecule has 0 aliphatic carbocycles. The molecule has 0 spiro atoms. The summed E-state index contributed by atoms with van der Waals surface area (Å²) in [6.45, 7) is 6.16. The number of carbonyl (C=O) groups excluding carboxylic acids is 2. The van der Waals surface area contributed by atoms with Gasteiger partial charge in [0.05, 0.1) is 17.8 Å². The van der Waals surface area contributed by atoms with Gasteiger partial charge in [-0.2, -0.15) is 0 Å². The van der Waals surface area contributed by atoms with Crippen LogP contribution in [0.4, 0.5) is 5.69 Å². The van der Waals surface area contributed by atoms with E-state index in [2.05, 4.69) is 31.3 Å². The molecule has 3 N–H and O–H groups in total. The Kier molecular flexibility index (Phi) is 5.29. The van der Waals surface area contributed by atoms with Gasteiger partial charge in [-0.15, -0.1) is 0 Å². The number of amides is 2. The van der Waals surface area contributed by atoms with Gasteiger partial charge in [-0.05, 0) is 79.9 Å². The maximum Gasteiger partial charge on any atom is 0.248 e. The first-order chi connectivity index (χ1) is 14.8. The van der Waals surface area contributed by atoms with E-state index in [1.54, 1.807) is 24.3 Å². The van der Waals surface area contributed by atoms with Crippen LogP contribution >= 0.6 is 0 Å². The summed E-state index contributed by atoms with van der Waals surface area (Å²) in [6, 6.07) is 16.8. The van der Waals surface area contributed by atoms with E-state index in [4.69, 9.17) is 10.7 Å². The lowest BCUT2D eigenvalue weighted by atomic mass is 10.0. The summed E-state index contributed by atoms with van der Waals surface area (Å²) in [5, 5.41) is 2.89. The zero-order valence-electron chi connectivity index (χ0n) is 17.8. The molecule has 4 rings (SSSR count). The highest BCUT2D eigenvalue weighted by molar-refractivity contribution is 5.95. The second-order valence-electron chi connectivity index (χ2n) is 7.80. The normalized spacial score (nSPS) is 10.9. The molecular weight excluding hydrogens is 388 g/mol. The third-order valence-electron chi connectivity index (χ3n) is 5.44. The molecule has 2 aromatic carbocycles. The molecule has 0 atom stereocenters. The molecule has 0 aliphatic rings. The van der Waals surface area contributed by atoms with Crippen molar-refractivity contribution in [3.63, 3.8) is 0 Å². The zero-order chi connectivity index (χ0) is 22.1. The highest BCUT2D eigenvalue weighted by Gasteiger charge is 2.18.